The maximum absolute atomic E-state index is 14.2. The first-order valence-electron chi connectivity index (χ1n) is 10.4. The molecule has 2 atom stereocenters. The Bertz CT molecular complexity index is 1230. The van der Waals surface area contributed by atoms with Gasteiger partial charge in [-0.1, -0.05) is 29.4 Å². The second-order valence-corrected chi connectivity index (χ2v) is 8.98. The van der Waals surface area contributed by atoms with E-state index in [2.05, 4.69) is 15.3 Å². The molecule has 0 radical (unpaired) electrons. The van der Waals surface area contributed by atoms with Gasteiger partial charge in [0.1, 0.15) is 6.04 Å². The van der Waals surface area contributed by atoms with Gasteiger partial charge in [-0.05, 0) is 35.6 Å². The van der Waals surface area contributed by atoms with E-state index >= 15 is 0 Å². The van der Waals surface area contributed by atoms with Crippen LogP contribution < -0.4 is 5.32 Å². The first-order chi connectivity index (χ1) is 17.5. The van der Waals surface area contributed by atoms with Crippen molar-refractivity contribution in [3.63, 3.8) is 0 Å². The lowest BCUT2D eigenvalue weighted by Crippen LogP contribution is -2.43. The van der Waals surface area contributed by atoms with Crippen molar-refractivity contribution >= 4 is 23.4 Å². The number of alkyl halides is 9. The minimum atomic E-state index is -5.46. The standard InChI is InChI=1S/C23H16F9N3O2S/c1-38-11-19(36)34-18(10-33)13-4-2-12(3-5-13)17-9-20(37-35-17,23(30,31)32)14-6-15(21(24,25)26)8-16(7-14)22(27,28)29/h2-8,18H,9,11H2,1H3,(H,34,36). The van der Waals surface area contributed by atoms with E-state index in [0.717, 1.165) is 0 Å². The second kappa shape index (κ2) is 10.4. The van der Waals surface area contributed by atoms with E-state index in [9.17, 15) is 49.6 Å². The molecule has 1 aliphatic rings. The minimum Gasteiger partial charge on any atom is -0.374 e. The predicted octanol–water partition coefficient (Wildman–Crippen LogP) is 6.35. The Hall–Kier alpha value is -3.41. The lowest BCUT2D eigenvalue weighted by molar-refractivity contribution is -0.276. The van der Waals surface area contributed by atoms with Gasteiger partial charge in [0.05, 0.1) is 28.7 Å². The lowest BCUT2D eigenvalue weighted by Gasteiger charge is -2.30. The van der Waals surface area contributed by atoms with Gasteiger partial charge in [-0.3, -0.25) is 4.79 Å². The molecular weight excluding hydrogens is 553 g/mol. The molecule has 204 valence electrons. The number of rotatable bonds is 6. The van der Waals surface area contributed by atoms with Crippen molar-refractivity contribution in [3.8, 4) is 6.07 Å². The third-order valence-corrected chi connectivity index (χ3v) is 6.08. The van der Waals surface area contributed by atoms with Crippen molar-refractivity contribution < 1.29 is 49.1 Å². The predicted molar refractivity (Wildman–Crippen MR) is 118 cm³/mol. The van der Waals surface area contributed by atoms with Crippen LogP contribution in [-0.2, 0) is 27.6 Å². The maximum atomic E-state index is 14.2. The normalized spacial score (nSPS) is 18.8. The molecule has 0 aromatic heterocycles. The van der Waals surface area contributed by atoms with Crippen molar-refractivity contribution in [2.45, 2.75) is 36.6 Å². The van der Waals surface area contributed by atoms with Crippen LogP contribution in [0.15, 0.2) is 47.6 Å². The summed E-state index contributed by atoms with van der Waals surface area (Å²) in [6.45, 7) is 0. The molecule has 3 rings (SSSR count). The molecule has 0 bridgehead atoms. The molecule has 5 nitrogen and oxygen atoms in total. The highest BCUT2D eigenvalue weighted by molar-refractivity contribution is 7.99. The van der Waals surface area contributed by atoms with Crippen LogP contribution in [0.2, 0.25) is 0 Å². The Morgan fingerprint density at radius 1 is 1.05 bits per heavy atom. The second-order valence-electron chi connectivity index (χ2n) is 8.11. The molecule has 1 amide bonds. The highest BCUT2D eigenvalue weighted by Crippen LogP contribution is 2.50. The molecule has 38 heavy (non-hydrogen) atoms. The highest BCUT2D eigenvalue weighted by atomic mass is 32.2. The Kier molecular flexibility index (Phi) is 7.97. The number of thioether (sulfide) groups is 1. The summed E-state index contributed by atoms with van der Waals surface area (Å²) >= 11 is 1.21. The molecule has 0 saturated carbocycles. The summed E-state index contributed by atoms with van der Waals surface area (Å²) in [5.74, 6) is -0.355. The van der Waals surface area contributed by atoms with Crippen LogP contribution in [0.5, 0.6) is 0 Å². The van der Waals surface area contributed by atoms with Gasteiger partial charge >= 0.3 is 18.5 Å². The number of carbonyl (C=O) groups is 1. The number of nitrogens with zero attached hydrogens (tertiary/aromatic N) is 2. The Morgan fingerprint density at radius 3 is 2.05 bits per heavy atom. The van der Waals surface area contributed by atoms with Crippen molar-refractivity contribution in [1.29, 1.82) is 5.26 Å². The van der Waals surface area contributed by atoms with Crippen molar-refractivity contribution in [2.75, 3.05) is 12.0 Å². The van der Waals surface area contributed by atoms with Crippen molar-refractivity contribution in [2.24, 2.45) is 5.16 Å². The Morgan fingerprint density at radius 2 is 1.61 bits per heavy atom. The van der Waals surface area contributed by atoms with Gasteiger partial charge in [-0.25, -0.2) is 0 Å². The van der Waals surface area contributed by atoms with Gasteiger partial charge < -0.3 is 10.2 Å². The number of hydrogen-bond acceptors (Lipinski definition) is 5. The van der Waals surface area contributed by atoms with Gasteiger partial charge in [0.25, 0.3) is 5.60 Å². The van der Waals surface area contributed by atoms with Gasteiger partial charge in [0.15, 0.2) is 0 Å². The Balaban J connectivity index is 1.98. The van der Waals surface area contributed by atoms with Crippen LogP contribution in [0.3, 0.4) is 0 Å². The van der Waals surface area contributed by atoms with E-state index in [4.69, 9.17) is 0 Å². The lowest BCUT2D eigenvalue weighted by atomic mass is 9.84. The largest absolute Gasteiger partial charge is 0.435 e. The van der Waals surface area contributed by atoms with Crippen LogP contribution in [-0.4, -0.2) is 29.8 Å². The van der Waals surface area contributed by atoms with Gasteiger partial charge in [-0.15, -0.1) is 0 Å². The Labute approximate surface area is 213 Å². The zero-order valence-electron chi connectivity index (χ0n) is 19.1. The number of hydrogen-bond donors (Lipinski definition) is 1. The number of benzene rings is 2. The van der Waals surface area contributed by atoms with E-state index in [1.165, 1.54) is 36.0 Å². The summed E-state index contributed by atoms with van der Waals surface area (Å²) in [4.78, 5) is 16.4. The molecule has 15 heteroatoms. The third kappa shape index (κ3) is 6.01. The smallest absolute Gasteiger partial charge is 0.374 e. The number of halogens is 9. The number of nitrogens with one attached hydrogen (secondary N) is 1. The zero-order chi connectivity index (χ0) is 28.5. The topological polar surface area (TPSA) is 74.5 Å². The molecule has 1 aliphatic heterocycles. The number of nitriles is 1. The molecule has 2 unspecified atom stereocenters. The molecule has 0 saturated heterocycles. The fourth-order valence-electron chi connectivity index (χ4n) is 3.64. The molecule has 2 aromatic carbocycles. The minimum absolute atomic E-state index is 0.00928. The van der Waals surface area contributed by atoms with Gasteiger partial charge in [0.2, 0.25) is 5.91 Å². The average molecular weight is 569 g/mol. The molecule has 1 heterocycles. The van der Waals surface area contributed by atoms with E-state index < -0.39 is 64.9 Å². The van der Waals surface area contributed by atoms with Crippen LogP contribution in [0.1, 0.15) is 40.3 Å². The fourth-order valence-corrected chi connectivity index (χ4v) is 3.98. The van der Waals surface area contributed by atoms with Crippen molar-refractivity contribution in [3.05, 3.63) is 70.3 Å². The van der Waals surface area contributed by atoms with Gasteiger partial charge in [-0.2, -0.15) is 56.5 Å². The van der Waals surface area contributed by atoms with Gasteiger partial charge in [0, 0.05) is 12.0 Å². The average Bonchev–Trinajstić information content (AvgIpc) is 3.29. The first kappa shape index (κ1) is 29.2. The quantitative estimate of drug-likeness (QED) is 0.412. The molecule has 2 aromatic rings. The van der Waals surface area contributed by atoms with Crippen LogP contribution in [0, 0.1) is 11.3 Å². The van der Waals surface area contributed by atoms with E-state index in [0.29, 0.717) is 0 Å². The third-order valence-electron chi connectivity index (χ3n) is 5.53. The zero-order valence-corrected chi connectivity index (χ0v) is 19.9. The summed E-state index contributed by atoms with van der Waals surface area (Å²) < 4.78 is 122. The summed E-state index contributed by atoms with van der Waals surface area (Å²) in [6, 6.07) is 5.51. The summed E-state index contributed by atoms with van der Waals surface area (Å²) in [5, 5.41) is 15.1. The molecule has 0 aliphatic carbocycles. The SMILES string of the molecule is CSCC(=O)NC(C#N)c1ccc(C2=NOC(c3cc(C(F)(F)F)cc(C(F)(F)F)c3)(C(F)(F)F)C2)cc1. The number of oxime groups is 1. The van der Waals surface area contributed by atoms with Crippen LogP contribution >= 0.6 is 11.8 Å². The summed E-state index contributed by atoms with van der Waals surface area (Å²) in [6.07, 6.45) is -15.8. The van der Waals surface area contributed by atoms with E-state index in [-0.39, 0.29) is 35.1 Å². The summed E-state index contributed by atoms with van der Waals surface area (Å²) in [7, 11) is 0. The van der Waals surface area contributed by atoms with E-state index in [1.54, 1.807) is 6.26 Å². The molecule has 1 N–H and O–H groups in total. The number of carbonyl (C=O) groups excluding carboxylic acids is 1. The van der Waals surface area contributed by atoms with Crippen molar-refractivity contribution in [1.82, 2.24) is 5.32 Å². The maximum Gasteiger partial charge on any atom is 0.435 e. The molecule has 0 spiro atoms. The van der Waals surface area contributed by atoms with E-state index in [1.807, 2.05) is 6.07 Å². The monoisotopic (exact) mass is 569 g/mol. The molecular formula is C23H16F9N3O2S. The summed E-state index contributed by atoms with van der Waals surface area (Å²) in [5.41, 5.74) is -9.02. The fraction of sp³-hybridized carbons (Fsp3) is 0.348. The van der Waals surface area contributed by atoms with Crippen LogP contribution in [0.25, 0.3) is 0 Å². The highest BCUT2D eigenvalue weighted by Gasteiger charge is 2.63. The first-order valence-corrected chi connectivity index (χ1v) is 11.8. The van der Waals surface area contributed by atoms with Crippen LogP contribution in [0.4, 0.5) is 39.5 Å². The molecule has 0 fully saturated rings. The number of amides is 1.